The monoisotopic (exact) mass is 231 g/mol. The van der Waals surface area contributed by atoms with Crippen molar-refractivity contribution in [3.63, 3.8) is 0 Å². The standard InChI is InChI=1S/C15H21NO/c1-3-5-14(16-2)15(17)13-9-8-11-6-4-7-12(11)10-13/h8-10,14,16H,3-7H2,1-2H3/t14-/m0/s1. The molecule has 1 atom stereocenters. The second-order valence-corrected chi connectivity index (χ2v) is 4.83. The Bertz CT molecular complexity index is 411. The van der Waals surface area contributed by atoms with Crippen molar-refractivity contribution in [1.29, 1.82) is 0 Å². The maximum absolute atomic E-state index is 12.3. The van der Waals surface area contributed by atoms with Crippen LogP contribution in [-0.4, -0.2) is 18.9 Å². The SMILES string of the molecule is CCC[C@H](NC)C(=O)c1ccc2c(c1)CCC2. The topological polar surface area (TPSA) is 29.1 Å². The van der Waals surface area contributed by atoms with Crippen molar-refractivity contribution in [3.05, 3.63) is 34.9 Å². The summed E-state index contributed by atoms with van der Waals surface area (Å²) in [6.07, 6.45) is 5.48. The van der Waals surface area contributed by atoms with E-state index in [2.05, 4.69) is 24.4 Å². The maximum Gasteiger partial charge on any atom is 0.179 e. The first-order valence-corrected chi connectivity index (χ1v) is 6.59. The van der Waals surface area contributed by atoms with Crippen LogP contribution in [-0.2, 0) is 12.8 Å². The molecule has 2 heteroatoms. The Morgan fingerprint density at radius 1 is 1.35 bits per heavy atom. The lowest BCUT2D eigenvalue weighted by atomic mass is 9.97. The molecular weight excluding hydrogens is 210 g/mol. The van der Waals surface area contributed by atoms with Gasteiger partial charge in [0.15, 0.2) is 5.78 Å². The van der Waals surface area contributed by atoms with E-state index in [9.17, 15) is 4.79 Å². The fraction of sp³-hybridized carbons (Fsp3) is 0.533. The van der Waals surface area contributed by atoms with Gasteiger partial charge >= 0.3 is 0 Å². The van der Waals surface area contributed by atoms with Crippen molar-refractivity contribution in [2.45, 2.75) is 45.1 Å². The summed E-state index contributed by atoms with van der Waals surface area (Å²) >= 11 is 0. The molecule has 1 aliphatic rings. The predicted molar refractivity (Wildman–Crippen MR) is 70.6 cm³/mol. The first-order valence-electron chi connectivity index (χ1n) is 6.59. The molecule has 0 spiro atoms. The molecule has 1 aromatic carbocycles. The number of likely N-dealkylation sites (N-methyl/N-ethyl adjacent to an activating group) is 1. The molecular formula is C15H21NO. The third kappa shape index (κ3) is 2.58. The quantitative estimate of drug-likeness (QED) is 0.789. The van der Waals surface area contributed by atoms with E-state index in [4.69, 9.17) is 0 Å². The molecule has 1 aliphatic carbocycles. The average Bonchev–Trinajstić information content (AvgIpc) is 2.82. The van der Waals surface area contributed by atoms with Gasteiger partial charge in [-0.05, 0) is 49.9 Å². The van der Waals surface area contributed by atoms with E-state index in [1.54, 1.807) is 0 Å². The molecule has 92 valence electrons. The van der Waals surface area contributed by atoms with E-state index in [-0.39, 0.29) is 11.8 Å². The molecule has 0 saturated carbocycles. The van der Waals surface area contributed by atoms with E-state index in [1.165, 1.54) is 24.0 Å². The van der Waals surface area contributed by atoms with Crippen LogP contribution in [0.15, 0.2) is 18.2 Å². The Morgan fingerprint density at radius 3 is 2.82 bits per heavy atom. The number of aryl methyl sites for hydroxylation is 2. The number of benzene rings is 1. The van der Waals surface area contributed by atoms with Crippen molar-refractivity contribution in [2.75, 3.05) is 7.05 Å². The minimum Gasteiger partial charge on any atom is -0.310 e. The van der Waals surface area contributed by atoms with Crippen LogP contribution >= 0.6 is 0 Å². The Labute approximate surface area is 103 Å². The minimum absolute atomic E-state index is 0.0283. The number of hydrogen-bond donors (Lipinski definition) is 1. The fourth-order valence-electron chi connectivity index (χ4n) is 2.62. The van der Waals surface area contributed by atoms with Gasteiger partial charge in [0.25, 0.3) is 0 Å². The summed E-state index contributed by atoms with van der Waals surface area (Å²) in [5.74, 6) is 0.240. The molecule has 0 bridgehead atoms. The first kappa shape index (κ1) is 12.3. The van der Waals surface area contributed by atoms with Crippen LogP contribution < -0.4 is 5.32 Å². The Kier molecular flexibility index (Phi) is 3.95. The largest absolute Gasteiger partial charge is 0.310 e. The van der Waals surface area contributed by atoms with Crippen molar-refractivity contribution in [2.24, 2.45) is 0 Å². The van der Waals surface area contributed by atoms with Crippen LogP contribution in [0.25, 0.3) is 0 Å². The Balaban J connectivity index is 2.19. The number of rotatable bonds is 5. The van der Waals surface area contributed by atoms with Gasteiger partial charge in [-0.3, -0.25) is 4.79 Å². The highest BCUT2D eigenvalue weighted by atomic mass is 16.1. The highest BCUT2D eigenvalue weighted by Crippen LogP contribution is 2.23. The summed E-state index contributed by atoms with van der Waals surface area (Å²) in [4.78, 5) is 12.3. The second-order valence-electron chi connectivity index (χ2n) is 4.83. The van der Waals surface area contributed by atoms with Crippen LogP contribution in [0.4, 0.5) is 0 Å². The van der Waals surface area contributed by atoms with Gasteiger partial charge in [-0.1, -0.05) is 25.5 Å². The number of ketones is 1. The smallest absolute Gasteiger partial charge is 0.179 e. The lowest BCUT2D eigenvalue weighted by Gasteiger charge is -2.14. The highest BCUT2D eigenvalue weighted by molar-refractivity contribution is 6.00. The molecule has 0 heterocycles. The summed E-state index contributed by atoms with van der Waals surface area (Å²) in [5.41, 5.74) is 3.68. The molecule has 0 saturated heterocycles. The van der Waals surface area contributed by atoms with Crippen LogP contribution in [0.2, 0.25) is 0 Å². The summed E-state index contributed by atoms with van der Waals surface area (Å²) in [5, 5.41) is 3.12. The molecule has 1 N–H and O–H groups in total. The van der Waals surface area contributed by atoms with Crippen molar-refractivity contribution in [3.8, 4) is 0 Å². The van der Waals surface area contributed by atoms with Crippen molar-refractivity contribution >= 4 is 5.78 Å². The van der Waals surface area contributed by atoms with Crippen LogP contribution in [0, 0.1) is 0 Å². The molecule has 1 aromatic rings. The lowest BCUT2D eigenvalue weighted by molar-refractivity contribution is 0.0942. The number of hydrogen-bond acceptors (Lipinski definition) is 2. The summed E-state index contributed by atoms with van der Waals surface area (Å²) in [7, 11) is 1.87. The van der Waals surface area contributed by atoms with E-state index in [0.717, 1.165) is 24.8 Å². The molecule has 17 heavy (non-hydrogen) atoms. The highest BCUT2D eigenvalue weighted by Gasteiger charge is 2.19. The third-order valence-electron chi connectivity index (χ3n) is 3.63. The van der Waals surface area contributed by atoms with Crippen LogP contribution in [0.3, 0.4) is 0 Å². The number of carbonyl (C=O) groups is 1. The summed E-state index contributed by atoms with van der Waals surface area (Å²) in [6, 6.07) is 6.20. The first-order chi connectivity index (χ1) is 8.26. The van der Waals surface area contributed by atoms with Crippen molar-refractivity contribution in [1.82, 2.24) is 5.32 Å². The van der Waals surface area contributed by atoms with Crippen LogP contribution in [0.1, 0.15) is 47.7 Å². The molecule has 0 radical (unpaired) electrons. The van der Waals surface area contributed by atoms with Gasteiger partial charge < -0.3 is 5.32 Å². The fourth-order valence-corrected chi connectivity index (χ4v) is 2.62. The normalized spacial score (nSPS) is 15.6. The number of fused-ring (bicyclic) bond motifs is 1. The average molecular weight is 231 g/mol. The van der Waals surface area contributed by atoms with Gasteiger partial charge in [-0.15, -0.1) is 0 Å². The van der Waals surface area contributed by atoms with Gasteiger partial charge in [0.2, 0.25) is 0 Å². The predicted octanol–water partition coefficient (Wildman–Crippen LogP) is 2.75. The Hall–Kier alpha value is -1.15. The van der Waals surface area contributed by atoms with Gasteiger partial charge in [0.1, 0.15) is 0 Å². The molecule has 2 nitrogen and oxygen atoms in total. The molecule has 0 fully saturated rings. The van der Waals surface area contributed by atoms with E-state index in [1.807, 2.05) is 13.1 Å². The summed E-state index contributed by atoms with van der Waals surface area (Å²) < 4.78 is 0. The lowest BCUT2D eigenvalue weighted by Crippen LogP contribution is -2.33. The number of nitrogens with one attached hydrogen (secondary N) is 1. The molecule has 0 unspecified atom stereocenters. The van der Waals surface area contributed by atoms with E-state index < -0.39 is 0 Å². The zero-order valence-corrected chi connectivity index (χ0v) is 10.8. The van der Waals surface area contributed by atoms with Gasteiger partial charge in [0, 0.05) is 5.56 Å². The zero-order chi connectivity index (χ0) is 12.3. The molecule has 0 aromatic heterocycles. The van der Waals surface area contributed by atoms with Gasteiger partial charge in [-0.25, -0.2) is 0 Å². The molecule has 0 aliphatic heterocycles. The van der Waals surface area contributed by atoms with E-state index in [0.29, 0.717) is 0 Å². The van der Waals surface area contributed by atoms with Gasteiger partial charge in [-0.2, -0.15) is 0 Å². The molecule has 0 amide bonds. The maximum atomic E-state index is 12.3. The van der Waals surface area contributed by atoms with E-state index >= 15 is 0 Å². The Morgan fingerprint density at radius 2 is 2.12 bits per heavy atom. The molecule has 2 rings (SSSR count). The minimum atomic E-state index is -0.0283. The number of carbonyl (C=O) groups excluding carboxylic acids is 1. The van der Waals surface area contributed by atoms with Crippen molar-refractivity contribution < 1.29 is 4.79 Å². The third-order valence-corrected chi connectivity index (χ3v) is 3.63. The number of Topliss-reactive ketones (excluding diaryl/α,β-unsaturated/α-hetero) is 1. The summed E-state index contributed by atoms with van der Waals surface area (Å²) in [6.45, 7) is 2.11. The zero-order valence-electron chi connectivity index (χ0n) is 10.8. The van der Waals surface area contributed by atoms with Crippen LogP contribution in [0.5, 0.6) is 0 Å². The second kappa shape index (κ2) is 5.46. The van der Waals surface area contributed by atoms with Gasteiger partial charge in [0.05, 0.1) is 6.04 Å².